The third kappa shape index (κ3) is 3.36. The van der Waals surface area contributed by atoms with Crippen molar-refractivity contribution in [3.05, 3.63) is 34.2 Å². The van der Waals surface area contributed by atoms with Crippen LogP contribution in [0.1, 0.15) is 29.7 Å². The molecular formula is C15H19N3O3S. The van der Waals surface area contributed by atoms with Gasteiger partial charge in [0.2, 0.25) is 17.7 Å². The number of rotatable bonds is 4. The Labute approximate surface area is 133 Å². The van der Waals surface area contributed by atoms with Crippen LogP contribution in [0.2, 0.25) is 0 Å². The van der Waals surface area contributed by atoms with Crippen molar-refractivity contribution in [1.29, 1.82) is 0 Å². The van der Waals surface area contributed by atoms with Crippen LogP contribution in [0.5, 0.6) is 0 Å². The summed E-state index contributed by atoms with van der Waals surface area (Å²) in [6, 6.07) is 4.08. The Bertz CT molecular complexity index is 626. The van der Waals surface area contributed by atoms with Gasteiger partial charge in [0, 0.05) is 24.3 Å². The maximum absolute atomic E-state index is 12.6. The molecule has 1 fully saturated rings. The molecule has 2 aromatic rings. The van der Waals surface area contributed by atoms with Gasteiger partial charge in [-0.05, 0) is 17.9 Å². The van der Waals surface area contributed by atoms with Gasteiger partial charge in [0.1, 0.15) is 0 Å². The predicted octanol–water partition coefficient (Wildman–Crippen LogP) is 2.22. The van der Waals surface area contributed by atoms with Crippen molar-refractivity contribution >= 4 is 17.2 Å². The predicted molar refractivity (Wildman–Crippen MR) is 81.5 cm³/mol. The van der Waals surface area contributed by atoms with Crippen LogP contribution in [0.4, 0.5) is 0 Å². The number of carbonyl (C=O) groups is 1. The van der Waals surface area contributed by atoms with Crippen molar-refractivity contribution in [3.8, 4) is 0 Å². The lowest BCUT2D eigenvalue weighted by molar-refractivity contribution is -0.143. The summed E-state index contributed by atoms with van der Waals surface area (Å²) < 4.78 is 11.1. The minimum atomic E-state index is -0.326. The summed E-state index contributed by atoms with van der Waals surface area (Å²) in [6.07, 6.45) is 0.450. The quantitative estimate of drug-likeness (QED) is 0.863. The van der Waals surface area contributed by atoms with Crippen LogP contribution in [-0.4, -0.2) is 40.7 Å². The molecule has 3 heterocycles. The number of amides is 1. The highest BCUT2D eigenvalue weighted by Crippen LogP contribution is 2.23. The van der Waals surface area contributed by atoms with E-state index in [2.05, 4.69) is 16.3 Å². The van der Waals surface area contributed by atoms with Crippen molar-refractivity contribution < 1.29 is 13.9 Å². The number of ether oxygens (including phenoxy) is 1. The molecule has 0 aliphatic carbocycles. The fourth-order valence-corrected chi connectivity index (χ4v) is 3.41. The van der Waals surface area contributed by atoms with Crippen LogP contribution in [0, 0.1) is 12.8 Å². The van der Waals surface area contributed by atoms with Gasteiger partial charge in [0.25, 0.3) is 0 Å². The number of hydrogen-bond acceptors (Lipinski definition) is 6. The second kappa shape index (κ2) is 6.58. The molecule has 0 bridgehead atoms. The van der Waals surface area contributed by atoms with Gasteiger partial charge in [-0.3, -0.25) is 4.79 Å². The average molecular weight is 321 g/mol. The van der Waals surface area contributed by atoms with E-state index in [0.717, 1.165) is 6.42 Å². The van der Waals surface area contributed by atoms with Gasteiger partial charge in [-0.2, -0.15) is 0 Å². The zero-order valence-corrected chi connectivity index (χ0v) is 13.5. The van der Waals surface area contributed by atoms with Crippen molar-refractivity contribution in [2.75, 3.05) is 19.7 Å². The number of aryl methyl sites for hydroxylation is 1. The molecular weight excluding hydrogens is 302 g/mol. The Morgan fingerprint density at radius 1 is 1.55 bits per heavy atom. The summed E-state index contributed by atoms with van der Waals surface area (Å²) in [5.74, 6) is 1.06. The zero-order chi connectivity index (χ0) is 15.5. The van der Waals surface area contributed by atoms with Crippen LogP contribution in [-0.2, 0) is 16.0 Å². The second-order valence-corrected chi connectivity index (χ2v) is 6.52. The molecule has 1 amide bonds. The fourth-order valence-electron chi connectivity index (χ4n) is 2.57. The zero-order valence-electron chi connectivity index (χ0n) is 12.7. The lowest BCUT2D eigenvalue weighted by Crippen LogP contribution is -2.44. The van der Waals surface area contributed by atoms with Crippen LogP contribution in [0.25, 0.3) is 0 Å². The molecule has 1 aliphatic heterocycles. The molecule has 0 radical (unpaired) electrons. The summed E-state index contributed by atoms with van der Waals surface area (Å²) in [6.45, 7) is 5.28. The first-order chi connectivity index (χ1) is 10.6. The highest BCUT2D eigenvalue weighted by atomic mass is 32.1. The Balaban J connectivity index is 1.62. The van der Waals surface area contributed by atoms with Crippen LogP contribution in [0.15, 0.2) is 21.9 Å². The van der Waals surface area contributed by atoms with E-state index in [0.29, 0.717) is 31.5 Å². The number of hydrogen-bond donors (Lipinski definition) is 0. The van der Waals surface area contributed by atoms with E-state index >= 15 is 0 Å². The summed E-state index contributed by atoms with van der Waals surface area (Å²) >= 11 is 1.69. The minimum absolute atomic E-state index is 0.0400. The Hall–Kier alpha value is -1.73. The van der Waals surface area contributed by atoms with Gasteiger partial charge in [-0.25, -0.2) is 0 Å². The summed E-state index contributed by atoms with van der Waals surface area (Å²) in [7, 11) is 0. The normalized spacial score (nSPS) is 20.1. The number of morpholine rings is 1. The van der Waals surface area contributed by atoms with Crippen LogP contribution in [0.3, 0.4) is 0 Å². The highest BCUT2D eigenvalue weighted by molar-refractivity contribution is 7.09. The van der Waals surface area contributed by atoms with E-state index in [4.69, 9.17) is 9.15 Å². The third-order valence-electron chi connectivity index (χ3n) is 3.70. The molecule has 1 aliphatic rings. The summed E-state index contributed by atoms with van der Waals surface area (Å²) in [5.41, 5.74) is 0. The summed E-state index contributed by atoms with van der Waals surface area (Å²) in [4.78, 5) is 15.7. The SMILES string of the molecule is Cc1nnc([C@H]2CN(C(=O)[C@H](C)Cc3cccs3)CCO2)o1. The topological polar surface area (TPSA) is 68.5 Å². The van der Waals surface area contributed by atoms with Crippen molar-refractivity contribution in [3.63, 3.8) is 0 Å². The molecule has 118 valence electrons. The van der Waals surface area contributed by atoms with E-state index < -0.39 is 0 Å². The first-order valence-electron chi connectivity index (χ1n) is 7.36. The highest BCUT2D eigenvalue weighted by Gasteiger charge is 2.30. The van der Waals surface area contributed by atoms with E-state index in [1.165, 1.54) is 4.88 Å². The van der Waals surface area contributed by atoms with E-state index in [9.17, 15) is 4.79 Å². The van der Waals surface area contributed by atoms with Gasteiger partial charge in [-0.15, -0.1) is 21.5 Å². The lowest BCUT2D eigenvalue weighted by atomic mass is 10.0. The van der Waals surface area contributed by atoms with Gasteiger partial charge in [0.05, 0.1) is 13.2 Å². The third-order valence-corrected chi connectivity index (χ3v) is 4.60. The number of thiophene rings is 1. The number of aromatic nitrogens is 2. The smallest absolute Gasteiger partial charge is 0.246 e. The Morgan fingerprint density at radius 2 is 2.41 bits per heavy atom. The molecule has 0 aromatic carbocycles. The summed E-state index contributed by atoms with van der Waals surface area (Å²) in [5, 5.41) is 9.85. The second-order valence-electron chi connectivity index (χ2n) is 5.49. The molecule has 0 N–H and O–H groups in total. The fraction of sp³-hybridized carbons (Fsp3) is 0.533. The minimum Gasteiger partial charge on any atom is -0.423 e. The maximum atomic E-state index is 12.6. The molecule has 1 saturated heterocycles. The van der Waals surface area contributed by atoms with E-state index in [1.54, 1.807) is 18.3 Å². The standard InChI is InChI=1S/C15H19N3O3S/c1-10(8-12-4-3-7-22-12)15(19)18-5-6-20-13(9-18)14-17-16-11(2)21-14/h3-4,7,10,13H,5-6,8-9H2,1-2H3/t10-,13-/m1/s1. The largest absolute Gasteiger partial charge is 0.423 e. The average Bonchev–Trinajstić information content (AvgIpc) is 3.18. The van der Waals surface area contributed by atoms with Gasteiger partial charge < -0.3 is 14.1 Å². The van der Waals surface area contributed by atoms with Crippen LogP contribution < -0.4 is 0 Å². The van der Waals surface area contributed by atoms with Crippen molar-refractivity contribution in [2.45, 2.75) is 26.4 Å². The molecule has 6 nitrogen and oxygen atoms in total. The number of nitrogens with zero attached hydrogens (tertiary/aromatic N) is 3. The molecule has 0 spiro atoms. The molecule has 2 atom stereocenters. The molecule has 2 aromatic heterocycles. The first-order valence-corrected chi connectivity index (χ1v) is 8.24. The van der Waals surface area contributed by atoms with Crippen molar-refractivity contribution in [2.24, 2.45) is 5.92 Å². The van der Waals surface area contributed by atoms with Crippen LogP contribution >= 0.6 is 11.3 Å². The molecule has 0 unspecified atom stereocenters. The molecule has 7 heteroatoms. The van der Waals surface area contributed by atoms with Crippen molar-refractivity contribution in [1.82, 2.24) is 15.1 Å². The Kier molecular flexibility index (Phi) is 4.54. The molecule has 22 heavy (non-hydrogen) atoms. The van der Waals surface area contributed by atoms with Gasteiger partial charge in [0.15, 0.2) is 6.10 Å². The van der Waals surface area contributed by atoms with Gasteiger partial charge in [-0.1, -0.05) is 13.0 Å². The lowest BCUT2D eigenvalue weighted by Gasteiger charge is -2.33. The Morgan fingerprint density at radius 3 is 3.09 bits per heavy atom. The first kappa shape index (κ1) is 15.2. The maximum Gasteiger partial charge on any atom is 0.246 e. The van der Waals surface area contributed by atoms with E-state index in [1.807, 2.05) is 23.3 Å². The number of carbonyl (C=O) groups excluding carboxylic acids is 1. The monoisotopic (exact) mass is 321 g/mol. The van der Waals surface area contributed by atoms with E-state index in [-0.39, 0.29) is 17.9 Å². The van der Waals surface area contributed by atoms with Gasteiger partial charge >= 0.3 is 0 Å². The molecule has 0 saturated carbocycles. The molecule has 3 rings (SSSR count).